The van der Waals surface area contributed by atoms with E-state index in [1.54, 1.807) is 42.5 Å². The number of nitrogens with one attached hydrogen (secondary N) is 1. The highest BCUT2D eigenvalue weighted by molar-refractivity contribution is 7.92. The number of sulfonamides is 1. The molecule has 0 aliphatic heterocycles. The summed E-state index contributed by atoms with van der Waals surface area (Å²) in [6, 6.07) is 30.6. The van der Waals surface area contributed by atoms with Crippen molar-refractivity contribution in [3.8, 4) is 0 Å². The normalized spacial score (nSPS) is 11.9. The molecule has 2 amide bonds. The highest BCUT2D eigenvalue weighted by Crippen LogP contribution is 2.26. The lowest BCUT2D eigenvalue weighted by molar-refractivity contribution is -0.140. The second-order valence-electron chi connectivity index (χ2n) is 10.3. The van der Waals surface area contributed by atoms with Gasteiger partial charge in [-0.3, -0.25) is 13.9 Å². The molecule has 43 heavy (non-hydrogen) atoms. The third kappa shape index (κ3) is 8.46. The summed E-state index contributed by atoms with van der Waals surface area (Å²) in [6.45, 7) is 3.99. The van der Waals surface area contributed by atoms with Gasteiger partial charge in [0.05, 0.1) is 10.6 Å². The van der Waals surface area contributed by atoms with E-state index in [1.165, 1.54) is 17.0 Å². The van der Waals surface area contributed by atoms with E-state index >= 15 is 0 Å². The number of rotatable bonds is 13. The molecule has 0 heterocycles. The third-order valence-electron chi connectivity index (χ3n) is 7.02. The van der Waals surface area contributed by atoms with Crippen LogP contribution in [0, 0.1) is 6.92 Å². The molecular formula is C34H36ClN3O4S. The van der Waals surface area contributed by atoms with Crippen LogP contribution in [0.5, 0.6) is 0 Å². The number of halogens is 1. The molecule has 1 N–H and O–H groups in total. The molecule has 4 aromatic carbocycles. The molecule has 0 unspecified atom stereocenters. The van der Waals surface area contributed by atoms with Gasteiger partial charge in [-0.05, 0) is 60.9 Å². The van der Waals surface area contributed by atoms with Gasteiger partial charge in [-0.2, -0.15) is 0 Å². The summed E-state index contributed by atoms with van der Waals surface area (Å²) in [5, 5.41) is 3.38. The fourth-order valence-corrected chi connectivity index (χ4v) is 6.23. The van der Waals surface area contributed by atoms with Gasteiger partial charge in [-0.25, -0.2) is 8.42 Å². The number of hydrogen-bond acceptors (Lipinski definition) is 4. The Morgan fingerprint density at radius 1 is 0.814 bits per heavy atom. The molecule has 0 aliphatic rings. The monoisotopic (exact) mass is 617 g/mol. The van der Waals surface area contributed by atoms with Gasteiger partial charge < -0.3 is 10.2 Å². The molecule has 7 nitrogen and oxygen atoms in total. The molecule has 0 aromatic heterocycles. The minimum atomic E-state index is -4.15. The van der Waals surface area contributed by atoms with Crippen molar-refractivity contribution in [2.24, 2.45) is 0 Å². The molecule has 1 atom stereocenters. The minimum absolute atomic E-state index is 0.0457. The van der Waals surface area contributed by atoms with Gasteiger partial charge in [-0.1, -0.05) is 96.9 Å². The summed E-state index contributed by atoms with van der Waals surface area (Å²) in [5.41, 5.74) is 3.05. The van der Waals surface area contributed by atoms with Crippen LogP contribution in [0.1, 0.15) is 30.0 Å². The zero-order valence-electron chi connectivity index (χ0n) is 24.3. The maximum Gasteiger partial charge on any atom is 0.264 e. The van der Waals surface area contributed by atoms with Crippen LogP contribution in [0.25, 0.3) is 0 Å². The molecule has 0 spiro atoms. The summed E-state index contributed by atoms with van der Waals surface area (Å²) >= 11 is 6.11. The summed E-state index contributed by atoms with van der Waals surface area (Å²) in [7, 11) is -4.15. The molecule has 224 valence electrons. The van der Waals surface area contributed by atoms with Crippen LogP contribution in [0.3, 0.4) is 0 Å². The van der Waals surface area contributed by atoms with Crippen LogP contribution in [0.4, 0.5) is 5.69 Å². The number of amides is 2. The first-order valence-electron chi connectivity index (χ1n) is 14.2. The van der Waals surface area contributed by atoms with Crippen molar-refractivity contribution in [3.05, 3.63) is 131 Å². The van der Waals surface area contributed by atoms with E-state index in [4.69, 9.17) is 11.6 Å². The van der Waals surface area contributed by atoms with Crippen molar-refractivity contribution >= 4 is 39.1 Å². The number of benzene rings is 4. The van der Waals surface area contributed by atoms with Crippen LogP contribution < -0.4 is 9.62 Å². The highest BCUT2D eigenvalue weighted by Gasteiger charge is 2.34. The van der Waals surface area contributed by atoms with Gasteiger partial charge >= 0.3 is 0 Å². The van der Waals surface area contributed by atoms with E-state index in [9.17, 15) is 18.0 Å². The minimum Gasteiger partial charge on any atom is -0.354 e. The van der Waals surface area contributed by atoms with Gasteiger partial charge in [0.1, 0.15) is 12.6 Å². The summed E-state index contributed by atoms with van der Waals surface area (Å²) in [6.07, 6.45) is 0.996. The molecule has 0 aliphatic carbocycles. The standard InChI is InChI=1S/C34H36ClN3O4S/c1-3-22-36-34(40)32(23-27-10-6-4-7-11-27)37(24-28-16-14-26(2)15-17-28)33(39)25-38(30-20-18-29(35)19-21-30)43(41,42)31-12-8-5-9-13-31/h4-21,32H,3,22-25H2,1-2H3,(H,36,40)/t32-/m0/s1. The number of hydrogen-bond donors (Lipinski definition) is 1. The van der Waals surface area contributed by atoms with Crippen molar-refractivity contribution in [3.63, 3.8) is 0 Å². The SMILES string of the molecule is CCCNC(=O)[C@H](Cc1ccccc1)N(Cc1ccc(C)cc1)C(=O)CN(c1ccc(Cl)cc1)S(=O)(=O)c1ccccc1. The van der Waals surface area contributed by atoms with E-state index in [0.717, 1.165) is 27.4 Å². The lowest BCUT2D eigenvalue weighted by Gasteiger charge is -2.34. The van der Waals surface area contributed by atoms with Crippen molar-refractivity contribution in [2.45, 2.75) is 44.2 Å². The van der Waals surface area contributed by atoms with Crippen molar-refractivity contribution < 1.29 is 18.0 Å². The average molecular weight is 618 g/mol. The number of aryl methyl sites for hydroxylation is 1. The van der Waals surface area contributed by atoms with Gasteiger partial charge in [0.2, 0.25) is 11.8 Å². The van der Waals surface area contributed by atoms with E-state index in [1.807, 2.05) is 68.4 Å². The second kappa shape index (κ2) is 14.8. The molecule has 0 saturated carbocycles. The molecule has 0 bridgehead atoms. The zero-order valence-corrected chi connectivity index (χ0v) is 25.9. The molecule has 0 fully saturated rings. The average Bonchev–Trinajstić information content (AvgIpc) is 3.02. The number of anilines is 1. The molecule has 0 radical (unpaired) electrons. The van der Waals surface area contributed by atoms with Crippen LogP contribution in [0.15, 0.2) is 114 Å². The summed E-state index contributed by atoms with van der Waals surface area (Å²) < 4.78 is 29.0. The number of nitrogens with zero attached hydrogens (tertiary/aromatic N) is 2. The van der Waals surface area contributed by atoms with Gasteiger partial charge in [0.15, 0.2) is 0 Å². The quantitative estimate of drug-likeness (QED) is 0.199. The topological polar surface area (TPSA) is 86.8 Å². The molecular weight excluding hydrogens is 582 g/mol. The highest BCUT2D eigenvalue weighted by atomic mass is 35.5. The smallest absolute Gasteiger partial charge is 0.264 e. The maximum atomic E-state index is 14.4. The Kier molecular flexibility index (Phi) is 11.0. The van der Waals surface area contributed by atoms with Crippen LogP contribution in [0.2, 0.25) is 5.02 Å². The molecule has 4 aromatic rings. The Hall–Kier alpha value is -4.14. The summed E-state index contributed by atoms with van der Waals surface area (Å²) in [4.78, 5) is 29.6. The fourth-order valence-electron chi connectivity index (χ4n) is 4.67. The van der Waals surface area contributed by atoms with Gasteiger partial charge in [0, 0.05) is 24.5 Å². The zero-order chi connectivity index (χ0) is 30.8. The van der Waals surface area contributed by atoms with E-state index in [0.29, 0.717) is 11.6 Å². The Labute approximate surface area is 259 Å². The predicted molar refractivity (Wildman–Crippen MR) is 171 cm³/mol. The molecule has 9 heteroatoms. The number of carbonyl (C=O) groups is 2. The Morgan fingerprint density at radius 2 is 1.42 bits per heavy atom. The van der Waals surface area contributed by atoms with E-state index in [-0.39, 0.29) is 29.5 Å². The number of carbonyl (C=O) groups excluding carboxylic acids is 2. The largest absolute Gasteiger partial charge is 0.354 e. The van der Waals surface area contributed by atoms with Crippen molar-refractivity contribution in [1.82, 2.24) is 10.2 Å². The maximum absolute atomic E-state index is 14.4. The first kappa shape index (κ1) is 31.8. The lowest BCUT2D eigenvalue weighted by atomic mass is 10.0. The molecule has 0 saturated heterocycles. The predicted octanol–water partition coefficient (Wildman–Crippen LogP) is 6.01. The third-order valence-corrected chi connectivity index (χ3v) is 9.06. The van der Waals surface area contributed by atoms with E-state index in [2.05, 4.69) is 5.32 Å². The van der Waals surface area contributed by atoms with E-state index < -0.39 is 28.5 Å². The Balaban J connectivity index is 1.78. The summed E-state index contributed by atoms with van der Waals surface area (Å²) in [5.74, 6) is -0.808. The lowest BCUT2D eigenvalue weighted by Crippen LogP contribution is -2.53. The first-order valence-corrected chi connectivity index (χ1v) is 16.0. The molecule has 4 rings (SSSR count). The van der Waals surface area contributed by atoms with Crippen LogP contribution in [-0.2, 0) is 32.6 Å². The Morgan fingerprint density at radius 3 is 2.02 bits per heavy atom. The van der Waals surface area contributed by atoms with Gasteiger partial charge in [-0.15, -0.1) is 0 Å². The van der Waals surface area contributed by atoms with Crippen molar-refractivity contribution in [2.75, 3.05) is 17.4 Å². The fraction of sp³-hybridized carbons (Fsp3) is 0.235. The first-order chi connectivity index (χ1) is 20.7. The second-order valence-corrected chi connectivity index (χ2v) is 12.6. The van der Waals surface area contributed by atoms with Crippen LogP contribution in [-0.4, -0.2) is 44.3 Å². The van der Waals surface area contributed by atoms with Gasteiger partial charge in [0.25, 0.3) is 10.0 Å². The van der Waals surface area contributed by atoms with Crippen molar-refractivity contribution in [1.29, 1.82) is 0 Å². The Bertz CT molecular complexity index is 1600. The van der Waals surface area contributed by atoms with Crippen LogP contribution >= 0.6 is 11.6 Å².